The molecule has 6 rings (SSSR count). The predicted octanol–water partition coefficient (Wildman–Crippen LogP) is 3.23. The van der Waals surface area contributed by atoms with Crippen molar-refractivity contribution in [3.63, 3.8) is 0 Å². The van der Waals surface area contributed by atoms with Crippen molar-refractivity contribution in [3.05, 3.63) is 36.1 Å². The fourth-order valence-electron chi connectivity index (χ4n) is 5.69. The van der Waals surface area contributed by atoms with Gasteiger partial charge < -0.3 is 23.7 Å². The number of hydrogen-bond donors (Lipinski definition) is 0. The highest BCUT2D eigenvalue weighted by Crippen LogP contribution is 2.69. The van der Waals surface area contributed by atoms with Crippen LogP contribution >= 0.6 is 0 Å². The minimum Gasteiger partial charge on any atom is -0.487 e. The zero-order valence-corrected chi connectivity index (χ0v) is 13.5. The van der Waals surface area contributed by atoms with Crippen LogP contribution in [0.4, 0.5) is 0 Å². The first-order valence-corrected chi connectivity index (χ1v) is 8.82. The summed E-state index contributed by atoms with van der Waals surface area (Å²) in [5, 5.41) is 0. The van der Waals surface area contributed by atoms with Crippen LogP contribution in [0.3, 0.4) is 0 Å². The van der Waals surface area contributed by atoms with E-state index >= 15 is 0 Å². The lowest BCUT2D eigenvalue weighted by molar-refractivity contribution is -0.211. The van der Waals surface area contributed by atoms with Gasteiger partial charge in [-0.25, -0.2) is 0 Å². The molecule has 1 aromatic carbocycles. The molecule has 5 aliphatic rings. The lowest BCUT2D eigenvalue weighted by atomic mass is 9.52. The Morgan fingerprint density at radius 3 is 2.96 bits per heavy atom. The molecule has 1 saturated carbocycles. The van der Waals surface area contributed by atoms with Gasteiger partial charge in [-0.1, -0.05) is 18.9 Å². The van der Waals surface area contributed by atoms with Gasteiger partial charge in [0.25, 0.3) is 0 Å². The van der Waals surface area contributed by atoms with E-state index in [0.717, 1.165) is 36.3 Å². The van der Waals surface area contributed by atoms with Crippen LogP contribution in [0.2, 0.25) is 0 Å². The molecular formula is C19H20O5. The van der Waals surface area contributed by atoms with E-state index in [2.05, 4.69) is 18.2 Å². The van der Waals surface area contributed by atoms with Gasteiger partial charge in [-0.2, -0.15) is 0 Å². The summed E-state index contributed by atoms with van der Waals surface area (Å²) in [6.07, 6.45) is 9.31. The van der Waals surface area contributed by atoms with E-state index in [-0.39, 0.29) is 24.1 Å². The van der Waals surface area contributed by atoms with Crippen molar-refractivity contribution in [2.24, 2.45) is 5.41 Å². The fraction of sp³-hybridized carbons (Fsp3) is 0.579. The van der Waals surface area contributed by atoms with Crippen LogP contribution < -0.4 is 9.47 Å². The van der Waals surface area contributed by atoms with Crippen molar-refractivity contribution in [2.45, 2.75) is 49.6 Å². The molecule has 4 heterocycles. The molecule has 0 N–H and O–H groups in total. The third-order valence-corrected chi connectivity index (χ3v) is 6.76. The highest BCUT2D eigenvalue weighted by Gasteiger charge is 2.74. The average molecular weight is 328 g/mol. The Labute approximate surface area is 140 Å². The summed E-state index contributed by atoms with van der Waals surface area (Å²) in [5.74, 6) is 1.59. The van der Waals surface area contributed by atoms with E-state index < -0.39 is 5.60 Å². The molecule has 1 aromatic rings. The number of rotatable bonds is 1. The predicted molar refractivity (Wildman–Crippen MR) is 83.5 cm³/mol. The summed E-state index contributed by atoms with van der Waals surface area (Å²) in [6, 6.07) is 6.15. The lowest BCUT2D eigenvalue weighted by Gasteiger charge is -2.58. The molecule has 1 aliphatic carbocycles. The minimum absolute atomic E-state index is 0.0659. The first-order chi connectivity index (χ1) is 11.8. The van der Waals surface area contributed by atoms with Gasteiger partial charge in [0.1, 0.15) is 5.60 Å². The molecule has 1 spiro atoms. The van der Waals surface area contributed by atoms with Gasteiger partial charge in [-0.3, -0.25) is 0 Å². The second-order valence-corrected chi connectivity index (χ2v) is 7.56. The third kappa shape index (κ3) is 1.37. The largest absolute Gasteiger partial charge is 0.487 e. The Hall–Kier alpha value is -1.72. The lowest BCUT2D eigenvalue weighted by Crippen LogP contribution is -2.63. The van der Waals surface area contributed by atoms with Crippen molar-refractivity contribution >= 4 is 0 Å². The van der Waals surface area contributed by atoms with Gasteiger partial charge in [0.2, 0.25) is 6.79 Å². The van der Waals surface area contributed by atoms with E-state index in [1.165, 1.54) is 12.8 Å². The summed E-state index contributed by atoms with van der Waals surface area (Å²) in [5.41, 5.74) is 0.257. The van der Waals surface area contributed by atoms with Crippen molar-refractivity contribution in [1.82, 2.24) is 0 Å². The molecule has 4 atom stereocenters. The second kappa shape index (κ2) is 4.27. The topological polar surface area (TPSA) is 46.2 Å². The Morgan fingerprint density at radius 1 is 1.04 bits per heavy atom. The molecule has 0 aromatic heterocycles. The Kier molecular flexibility index (Phi) is 2.41. The Bertz CT molecular complexity index is 745. The summed E-state index contributed by atoms with van der Waals surface area (Å²) in [4.78, 5) is 0. The molecule has 0 amide bonds. The van der Waals surface area contributed by atoms with Crippen molar-refractivity contribution in [2.75, 3.05) is 13.4 Å². The van der Waals surface area contributed by atoms with Gasteiger partial charge in [-0.05, 0) is 31.1 Å². The van der Waals surface area contributed by atoms with E-state index in [1.807, 2.05) is 12.3 Å². The minimum atomic E-state index is -0.518. The van der Waals surface area contributed by atoms with Crippen LogP contribution in [-0.2, 0) is 19.8 Å². The van der Waals surface area contributed by atoms with Crippen LogP contribution in [0.1, 0.15) is 37.7 Å². The molecule has 3 fully saturated rings. The maximum atomic E-state index is 6.43. The highest BCUT2D eigenvalue weighted by molar-refractivity contribution is 5.48. The number of benzene rings is 1. The van der Waals surface area contributed by atoms with Crippen molar-refractivity contribution in [1.29, 1.82) is 0 Å². The van der Waals surface area contributed by atoms with E-state index in [0.29, 0.717) is 6.61 Å². The quantitative estimate of drug-likeness (QED) is 0.792. The van der Waals surface area contributed by atoms with Gasteiger partial charge in [-0.15, -0.1) is 0 Å². The molecule has 5 heteroatoms. The number of hydrogen-bond acceptors (Lipinski definition) is 5. The first-order valence-electron chi connectivity index (χ1n) is 8.82. The normalized spacial score (nSPS) is 44.1. The zero-order valence-electron chi connectivity index (χ0n) is 13.5. The second-order valence-electron chi connectivity index (χ2n) is 7.56. The molecule has 24 heavy (non-hydrogen) atoms. The van der Waals surface area contributed by atoms with Crippen molar-refractivity contribution in [3.8, 4) is 11.5 Å². The van der Waals surface area contributed by atoms with E-state index in [1.54, 1.807) is 0 Å². The van der Waals surface area contributed by atoms with Crippen LogP contribution in [-0.4, -0.2) is 25.3 Å². The van der Waals surface area contributed by atoms with Crippen molar-refractivity contribution < 1.29 is 23.7 Å². The van der Waals surface area contributed by atoms with Gasteiger partial charge in [0.05, 0.1) is 18.3 Å². The highest BCUT2D eigenvalue weighted by atomic mass is 16.7. The van der Waals surface area contributed by atoms with Crippen LogP contribution in [0.25, 0.3) is 0 Å². The standard InChI is InChI=1S/C19H20O5/c1-2-6-18-7-8-23-19(11-20-16(24-18)10-17(18,19)5-1)13-3-4-14-15(9-13)22-12-21-14/h3-4,7-9,16H,1-2,5-6,10-12H2. The molecule has 126 valence electrons. The summed E-state index contributed by atoms with van der Waals surface area (Å²) in [7, 11) is 0. The molecule has 2 bridgehead atoms. The molecule has 5 nitrogen and oxygen atoms in total. The number of fused-ring (bicyclic) bond motifs is 2. The molecule has 2 saturated heterocycles. The van der Waals surface area contributed by atoms with Gasteiger partial charge in [0, 0.05) is 12.0 Å². The summed E-state index contributed by atoms with van der Waals surface area (Å²) < 4.78 is 30.0. The van der Waals surface area contributed by atoms with Crippen LogP contribution in [0.5, 0.6) is 11.5 Å². The monoisotopic (exact) mass is 328 g/mol. The SMILES string of the molecule is C1=CC23CCCCC24CC(OCC4(c2ccc4c(c2)OCO4)O1)O3. The number of ether oxygens (including phenoxy) is 5. The average Bonchev–Trinajstić information content (AvgIpc) is 3.20. The van der Waals surface area contributed by atoms with Gasteiger partial charge in [0.15, 0.2) is 23.4 Å². The first kappa shape index (κ1) is 13.6. The Balaban J connectivity index is 1.57. The molecule has 4 aliphatic heterocycles. The van der Waals surface area contributed by atoms with E-state index in [4.69, 9.17) is 23.7 Å². The zero-order chi connectivity index (χ0) is 15.8. The van der Waals surface area contributed by atoms with Crippen LogP contribution in [0.15, 0.2) is 30.5 Å². The smallest absolute Gasteiger partial charge is 0.231 e. The maximum absolute atomic E-state index is 6.43. The molecule has 0 radical (unpaired) electrons. The molecule has 4 unspecified atom stereocenters. The summed E-state index contributed by atoms with van der Waals surface area (Å²) >= 11 is 0. The van der Waals surface area contributed by atoms with Gasteiger partial charge >= 0.3 is 0 Å². The fourth-order valence-corrected chi connectivity index (χ4v) is 5.69. The third-order valence-electron chi connectivity index (χ3n) is 6.76. The summed E-state index contributed by atoms with van der Waals surface area (Å²) in [6.45, 7) is 0.798. The molecular weight excluding hydrogens is 308 g/mol. The Morgan fingerprint density at radius 2 is 1.96 bits per heavy atom. The van der Waals surface area contributed by atoms with Crippen LogP contribution in [0, 0.1) is 5.41 Å². The maximum Gasteiger partial charge on any atom is 0.231 e. The van der Waals surface area contributed by atoms with E-state index in [9.17, 15) is 0 Å².